The number of hydrogen-bond donors (Lipinski definition) is 1. The Hall–Kier alpha value is -1.79. The van der Waals surface area contributed by atoms with Crippen LogP contribution >= 0.6 is 11.3 Å². The number of halogens is 1. The number of amides is 1. The quantitative estimate of drug-likeness (QED) is 0.945. The lowest BCUT2D eigenvalue weighted by molar-refractivity contribution is -0.124. The number of ether oxygens (including phenoxy) is 1. The highest BCUT2D eigenvalue weighted by Gasteiger charge is 2.24. The first-order chi connectivity index (χ1) is 10.2. The molecule has 21 heavy (non-hydrogen) atoms. The highest BCUT2D eigenvalue weighted by molar-refractivity contribution is 7.15. The van der Waals surface area contributed by atoms with Crippen LogP contribution < -0.4 is 5.32 Å². The van der Waals surface area contributed by atoms with E-state index >= 15 is 0 Å². The zero-order chi connectivity index (χ0) is 14.7. The second-order valence-electron chi connectivity index (χ2n) is 4.93. The van der Waals surface area contributed by atoms with Gasteiger partial charge in [0.2, 0.25) is 0 Å². The van der Waals surface area contributed by atoms with Crippen molar-refractivity contribution in [1.29, 1.82) is 0 Å². The average Bonchev–Trinajstić information content (AvgIpc) is 3.13. The summed E-state index contributed by atoms with van der Waals surface area (Å²) in [6, 6.07) is 6.38. The number of hydrogen-bond acceptors (Lipinski definition) is 4. The summed E-state index contributed by atoms with van der Waals surface area (Å²) in [6.45, 7) is 0.645. The van der Waals surface area contributed by atoms with E-state index in [0.29, 0.717) is 18.2 Å². The molecule has 2 aromatic rings. The van der Waals surface area contributed by atoms with Crippen molar-refractivity contribution in [2.75, 3.05) is 11.9 Å². The summed E-state index contributed by atoms with van der Waals surface area (Å²) in [5.74, 6) is -0.372. The summed E-state index contributed by atoms with van der Waals surface area (Å²) in [5.41, 5.74) is 1.01. The van der Waals surface area contributed by atoms with E-state index in [1.807, 2.05) is 0 Å². The Labute approximate surface area is 126 Å². The van der Waals surface area contributed by atoms with E-state index in [1.54, 1.807) is 18.3 Å². The Morgan fingerprint density at radius 1 is 1.43 bits per heavy atom. The lowest BCUT2D eigenvalue weighted by Crippen LogP contribution is -2.26. The van der Waals surface area contributed by atoms with Gasteiger partial charge in [0.05, 0.1) is 0 Å². The maximum Gasteiger partial charge on any atom is 0.255 e. The summed E-state index contributed by atoms with van der Waals surface area (Å²) in [7, 11) is 0. The molecule has 1 aliphatic heterocycles. The average molecular weight is 306 g/mol. The Morgan fingerprint density at radius 3 is 2.95 bits per heavy atom. The van der Waals surface area contributed by atoms with Crippen molar-refractivity contribution >= 4 is 22.4 Å². The van der Waals surface area contributed by atoms with Gasteiger partial charge in [0.25, 0.3) is 5.91 Å². The molecule has 1 aromatic heterocycles. The van der Waals surface area contributed by atoms with Crippen LogP contribution in [0.4, 0.5) is 9.52 Å². The van der Waals surface area contributed by atoms with Gasteiger partial charge in [0.15, 0.2) is 5.13 Å². The molecule has 1 saturated heterocycles. The molecule has 1 N–H and O–H groups in total. The van der Waals surface area contributed by atoms with Gasteiger partial charge in [-0.2, -0.15) is 0 Å². The lowest BCUT2D eigenvalue weighted by Gasteiger charge is -2.07. The number of carbonyl (C=O) groups excluding carboxylic acids is 1. The van der Waals surface area contributed by atoms with E-state index < -0.39 is 0 Å². The fraction of sp³-hybridized carbons (Fsp3) is 0.333. The van der Waals surface area contributed by atoms with Crippen LogP contribution in [0.15, 0.2) is 30.5 Å². The van der Waals surface area contributed by atoms with Crippen molar-refractivity contribution in [1.82, 2.24) is 4.98 Å². The molecule has 1 atom stereocenters. The minimum absolute atomic E-state index is 0.129. The minimum atomic E-state index is -0.352. The molecule has 0 aliphatic carbocycles. The number of aromatic nitrogens is 1. The number of anilines is 1. The van der Waals surface area contributed by atoms with Crippen LogP contribution in [0.3, 0.4) is 0 Å². The third kappa shape index (κ3) is 3.65. The van der Waals surface area contributed by atoms with Crippen LogP contribution in [0.25, 0.3) is 0 Å². The van der Waals surface area contributed by atoms with E-state index in [2.05, 4.69) is 10.3 Å². The third-order valence-corrected chi connectivity index (χ3v) is 4.21. The fourth-order valence-corrected chi connectivity index (χ4v) is 3.07. The van der Waals surface area contributed by atoms with Crippen LogP contribution in [-0.2, 0) is 16.0 Å². The van der Waals surface area contributed by atoms with Crippen molar-refractivity contribution in [3.63, 3.8) is 0 Å². The van der Waals surface area contributed by atoms with Gasteiger partial charge in [-0.1, -0.05) is 12.1 Å². The summed E-state index contributed by atoms with van der Waals surface area (Å²) >= 11 is 1.43. The highest BCUT2D eigenvalue weighted by Crippen LogP contribution is 2.22. The Kier molecular flexibility index (Phi) is 4.26. The maximum absolute atomic E-state index is 12.9. The zero-order valence-corrected chi connectivity index (χ0v) is 12.2. The van der Waals surface area contributed by atoms with Gasteiger partial charge >= 0.3 is 0 Å². The Balaban J connectivity index is 1.60. The molecule has 1 fully saturated rings. The van der Waals surface area contributed by atoms with Gasteiger partial charge < -0.3 is 4.74 Å². The normalized spacial score (nSPS) is 17.9. The molecule has 110 valence electrons. The smallest absolute Gasteiger partial charge is 0.255 e. The molecule has 0 radical (unpaired) electrons. The first-order valence-corrected chi connectivity index (χ1v) is 7.64. The molecule has 1 unspecified atom stereocenters. The third-order valence-electron chi connectivity index (χ3n) is 3.30. The van der Waals surface area contributed by atoms with Crippen molar-refractivity contribution in [2.45, 2.75) is 25.4 Å². The van der Waals surface area contributed by atoms with Gasteiger partial charge in [-0.25, -0.2) is 9.37 Å². The molecule has 6 heteroatoms. The molecular formula is C15H15FN2O2S. The van der Waals surface area contributed by atoms with E-state index in [0.717, 1.165) is 23.3 Å². The first-order valence-electron chi connectivity index (χ1n) is 6.82. The molecule has 1 aromatic carbocycles. The standard InChI is InChI=1S/C15H15FN2O2S/c16-11-5-3-10(4-6-11)8-12-9-17-15(21-12)18-14(19)13-2-1-7-20-13/h3-6,9,13H,1-2,7-8H2,(H,17,18,19). The summed E-state index contributed by atoms with van der Waals surface area (Å²) in [5, 5.41) is 3.36. The number of thiazole rings is 1. The Morgan fingerprint density at radius 2 is 2.24 bits per heavy atom. The Bertz CT molecular complexity index is 621. The van der Waals surface area contributed by atoms with Crippen LogP contribution in [0.2, 0.25) is 0 Å². The van der Waals surface area contributed by atoms with Gasteiger partial charge in [-0.15, -0.1) is 11.3 Å². The van der Waals surface area contributed by atoms with Crippen LogP contribution in [-0.4, -0.2) is 23.6 Å². The van der Waals surface area contributed by atoms with Gasteiger partial charge in [-0.05, 0) is 30.5 Å². The number of nitrogens with zero attached hydrogens (tertiary/aromatic N) is 1. The predicted molar refractivity (Wildman–Crippen MR) is 78.9 cm³/mol. The monoisotopic (exact) mass is 306 g/mol. The molecule has 0 bridgehead atoms. The van der Waals surface area contributed by atoms with Crippen LogP contribution in [0.5, 0.6) is 0 Å². The zero-order valence-electron chi connectivity index (χ0n) is 11.3. The number of nitrogens with one attached hydrogen (secondary N) is 1. The van der Waals surface area contributed by atoms with Crippen molar-refractivity contribution in [3.8, 4) is 0 Å². The second-order valence-corrected chi connectivity index (χ2v) is 6.04. The van der Waals surface area contributed by atoms with Crippen molar-refractivity contribution in [3.05, 3.63) is 46.7 Å². The van der Waals surface area contributed by atoms with E-state index in [9.17, 15) is 9.18 Å². The van der Waals surface area contributed by atoms with E-state index in [4.69, 9.17) is 4.74 Å². The first kappa shape index (κ1) is 14.2. The van der Waals surface area contributed by atoms with Crippen LogP contribution in [0, 0.1) is 5.82 Å². The molecule has 0 saturated carbocycles. The molecule has 3 rings (SSSR count). The largest absolute Gasteiger partial charge is 0.368 e. The SMILES string of the molecule is O=C(Nc1ncc(Cc2ccc(F)cc2)s1)C1CCCO1. The molecule has 0 spiro atoms. The number of rotatable bonds is 4. The predicted octanol–water partition coefficient (Wildman–Crippen LogP) is 2.99. The lowest BCUT2D eigenvalue weighted by atomic mass is 10.1. The topological polar surface area (TPSA) is 51.2 Å². The van der Waals surface area contributed by atoms with Crippen molar-refractivity contribution < 1.29 is 13.9 Å². The summed E-state index contributed by atoms with van der Waals surface area (Å²) in [4.78, 5) is 17.1. The highest BCUT2D eigenvalue weighted by atomic mass is 32.1. The molecule has 1 amide bonds. The molecule has 4 nitrogen and oxygen atoms in total. The van der Waals surface area contributed by atoms with Gasteiger partial charge in [0.1, 0.15) is 11.9 Å². The summed E-state index contributed by atoms with van der Waals surface area (Å²) in [6.07, 6.45) is 3.74. The molecular weight excluding hydrogens is 291 g/mol. The molecule has 1 aliphatic rings. The fourth-order valence-electron chi connectivity index (χ4n) is 2.22. The minimum Gasteiger partial charge on any atom is -0.368 e. The van der Waals surface area contributed by atoms with Crippen LogP contribution in [0.1, 0.15) is 23.3 Å². The van der Waals surface area contributed by atoms with Crippen molar-refractivity contribution in [2.24, 2.45) is 0 Å². The van der Waals surface area contributed by atoms with Gasteiger partial charge in [-0.3, -0.25) is 10.1 Å². The van der Waals surface area contributed by atoms with E-state index in [1.165, 1.54) is 23.5 Å². The second kappa shape index (κ2) is 6.32. The van der Waals surface area contributed by atoms with E-state index in [-0.39, 0.29) is 17.8 Å². The number of benzene rings is 1. The molecule has 2 heterocycles. The summed E-state index contributed by atoms with van der Waals surface area (Å²) < 4.78 is 18.2. The number of carbonyl (C=O) groups is 1. The maximum atomic E-state index is 12.9. The van der Waals surface area contributed by atoms with Gasteiger partial charge in [0, 0.05) is 24.1 Å².